The molecule has 0 radical (unpaired) electrons. The van der Waals surface area contributed by atoms with E-state index in [4.69, 9.17) is 4.74 Å². The lowest BCUT2D eigenvalue weighted by Gasteiger charge is -2.23. The molecule has 0 saturated heterocycles. The van der Waals surface area contributed by atoms with Crippen LogP contribution in [-0.2, 0) is 16.1 Å². The fourth-order valence-electron chi connectivity index (χ4n) is 2.79. The average Bonchev–Trinajstić information content (AvgIpc) is 3.04. The van der Waals surface area contributed by atoms with Gasteiger partial charge in [0.05, 0.1) is 0 Å². The Labute approximate surface area is 137 Å². The molecule has 23 heavy (non-hydrogen) atoms. The van der Waals surface area contributed by atoms with Gasteiger partial charge >= 0.3 is 6.09 Å². The van der Waals surface area contributed by atoms with Crippen molar-refractivity contribution in [3.8, 4) is 0 Å². The Morgan fingerprint density at radius 1 is 1.17 bits per heavy atom. The molecular weight excluding hydrogens is 292 g/mol. The SMILES string of the molecule is CC(C)[C@H](NC(=O)OCc1ccccc1)C(=O)NC1CCCC1. The number of amides is 2. The molecule has 0 bridgehead atoms. The second kappa shape index (κ2) is 8.56. The third-order valence-corrected chi connectivity index (χ3v) is 4.14. The predicted octanol–water partition coefficient (Wildman–Crippen LogP) is 3.00. The highest BCUT2D eigenvalue weighted by molar-refractivity contribution is 5.86. The number of ether oxygens (including phenoxy) is 1. The number of benzene rings is 1. The third-order valence-electron chi connectivity index (χ3n) is 4.14. The van der Waals surface area contributed by atoms with E-state index in [1.807, 2.05) is 44.2 Å². The van der Waals surface area contributed by atoms with Crippen molar-refractivity contribution >= 4 is 12.0 Å². The Morgan fingerprint density at radius 3 is 2.43 bits per heavy atom. The summed E-state index contributed by atoms with van der Waals surface area (Å²) in [5.74, 6) is -0.121. The first-order chi connectivity index (χ1) is 11.1. The zero-order valence-electron chi connectivity index (χ0n) is 13.9. The molecule has 5 nitrogen and oxygen atoms in total. The number of nitrogens with one attached hydrogen (secondary N) is 2. The van der Waals surface area contributed by atoms with Crippen molar-refractivity contribution in [3.63, 3.8) is 0 Å². The number of hydrogen-bond donors (Lipinski definition) is 2. The molecule has 0 aromatic heterocycles. The summed E-state index contributed by atoms with van der Waals surface area (Å²) in [5.41, 5.74) is 0.916. The molecule has 2 rings (SSSR count). The number of alkyl carbamates (subject to hydrolysis) is 1. The first-order valence-corrected chi connectivity index (χ1v) is 8.34. The number of hydrogen-bond acceptors (Lipinski definition) is 3. The van der Waals surface area contributed by atoms with Crippen LogP contribution >= 0.6 is 0 Å². The van der Waals surface area contributed by atoms with Crippen molar-refractivity contribution < 1.29 is 14.3 Å². The molecule has 1 fully saturated rings. The van der Waals surface area contributed by atoms with Gasteiger partial charge in [-0.25, -0.2) is 4.79 Å². The Bertz CT molecular complexity index is 510. The van der Waals surface area contributed by atoms with Crippen molar-refractivity contribution in [2.24, 2.45) is 5.92 Å². The third kappa shape index (κ3) is 5.58. The fourth-order valence-corrected chi connectivity index (χ4v) is 2.79. The Balaban J connectivity index is 1.82. The van der Waals surface area contributed by atoms with Crippen LogP contribution in [0.2, 0.25) is 0 Å². The van der Waals surface area contributed by atoms with E-state index in [1.54, 1.807) is 0 Å². The van der Waals surface area contributed by atoms with Crippen molar-refractivity contribution in [2.75, 3.05) is 0 Å². The van der Waals surface area contributed by atoms with Gasteiger partial charge in [-0.2, -0.15) is 0 Å². The van der Waals surface area contributed by atoms with Crippen LogP contribution in [-0.4, -0.2) is 24.1 Å². The summed E-state index contributed by atoms with van der Waals surface area (Å²) in [4.78, 5) is 24.3. The normalized spacial score (nSPS) is 16.1. The number of carbonyl (C=O) groups excluding carboxylic acids is 2. The Kier molecular flexibility index (Phi) is 6.44. The van der Waals surface area contributed by atoms with Crippen LogP contribution in [0.15, 0.2) is 30.3 Å². The quantitative estimate of drug-likeness (QED) is 0.847. The molecule has 0 aliphatic heterocycles. The van der Waals surface area contributed by atoms with Gasteiger partial charge in [0.1, 0.15) is 12.6 Å². The maximum atomic E-state index is 12.4. The summed E-state index contributed by atoms with van der Waals surface area (Å²) >= 11 is 0. The van der Waals surface area contributed by atoms with E-state index >= 15 is 0 Å². The molecule has 126 valence electrons. The highest BCUT2D eigenvalue weighted by Crippen LogP contribution is 2.18. The van der Waals surface area contributed by atoms with E-state index in [1.165, 1.54) is 0 Å². The van der Waals surface area contributed by atoms with Crippen LogP contribution in [0.4, 0.5) is 4.79 Å². The molecule has 2 amide bonds. The van der Waals surface area contributed by atoms with E-state index in [0.717, 1.165) is 31.2 Å². The van der Waals surface area contributed by atoms with Crippen molar-refractivity contribution in [1.82, 2.24) is 10.6 Å². The second-order valence-corrected chi connectivity index (χ2v) is 6.42. The van der Waals surface area contributed by atoms with Crippen LogP contribution < -0.4 is 10.6 Å². The van der Waals surface area contributed by atoms with Gasteiger partial charge in [0.25, 0.3) is 0 Å². The second-order valence-electron chi connectivity index (χ2n) is 6.42. The monoisotopic (exact) mass is 318 g/mol. The molecule has 1 atom stereocenters. The fraction of sp³-hybridized carbons (Fsp3) is 0.556. The molecular formula is C18H26N2O3. The highest BCUT2D eigenvalue weighted by Gasteiger charge is 2.27. The first-order valence-electron chi connectivity index (χ1n) is 8.34. The summed E-state index contributed by atoms with van der Waals surface area (Å²) in [6, 6.07) is 9.14. The van der Waals surface area contributed by atoms with Gasteiger partial charge in [0.2, 0.25) is 5.91 Å². The molecule has 0 spiro atoms. The Morgan fingerprint density at radius 2 is 1.83 bits per heavy atom. The summed E-state index contributed by atoms with van der Waals surface area (Å²) in [6.07, 6.45) is 3.80. The standard InChI is InChI=1S/C18H26N2O3/c1-13(2)16(17(21)19-15-10-6-7-11-15)20-18(22)23-12-14-8-4-3-5-9-14/h3-5,8-9,13,15-16H,6-7,10-12H2,1-2H3,(H,19,21)(H,20,22)/t16-/m0/s1. The van der Waals surface area contributed by atoms with Gasteiger partial charge in [-0.15, -0.1) is 0 Å². The van der Waals surface area contributed by atoms with E-state index in [-0.39, 0.29) is 24.5 Å². The van der Waals surface area contributed by atoms with E-state index in [9.17, 15) is 9.59 Å². The molecule has 1 aliphatic rings. The zero-order chi connectivity index (χ0) is 16.7. The number of carbonyl (C=O) groups is 2. The van der Waals surface area contributed by atoms with E-state index < -0.39 is 12.1 Å². The van der Waals surface area contributed by atoms with Crippen molar-refractivity contribution in [3.05, 3.63) is 35.9 Å². The highest BCUT2D eigenvalue weighted by atomic mass is 16.5. The van der Waals surface area contributed by atoms with Gasteiger partial charge in [-0.3, -0.25) is 4.79 Å². The molecule has 1 aliphatic carbocycles. The lowest BCUT2D eigenvalue weighted by atomic mass is 10.0. The zero-order valence-corrected chi connectivity index (χ0v) is 13.9. The summed E-state index contributed by atoms with van der Waals surface area (Å²) in [5, 5.41) is 5.72. The van der Waals surface area contributed by atoms with Crippen LogP contribution in [0, 0.1) is 5.92 Å². The van der Waals surface area contributed by atoms with Crippen LogP contribution in [0.1, 0.15) is 45.1 Å². The van der Waals surface area contributed by atoms with Gasteiger partial charge < -0.3 is 15.4 Å². The maximum Gasteiger partial charge on any atom is 0.408 e. The minimum Gasteiger partial charge on any atom is -0.445 e. The topological polar surface area (TPSA) is 67.4 Å². The average molecular weight is 318 g/mol. The van der Waals surface area contributed by atoms with Gasteiger partial charge in [0.15, 0.2) is 0 Å². The van der Waals surface area contributed by atoms with Crippen LogP contribution in [0.3, 0.4) is 0 Å². The summed E-state index contributed by atoms with van der Waals surface area (Å²) in [6.45, 7) is 4.02. The largest absolute Gasteiger partial charge is 0.445 e. The van der Waals surface area contributed by atoms with Gasteiger partial charge in [-0.05, 0) is 24.3 Å². The molecule has 0 heterocycles. The Hall–Kier alpha value is -2.04. The van der Waals surface area contributed by atoms with Gasteiger partial charge in [0, 0.05) is 6.04 Å². The van der Waals surface area contributed by atoms with Crippen molar-refractivity contribution in [1.29, 1.82) is 0 Å². The first kappa shape index (κ1) is 17.3. The summed E-state index contributed by atoms with van der Waals surface area (Å²) < 4.78 is 5.20. The lowest BCUT2D eigenvalue weighted by molar-refractivity contribution is -0.124. The van der Waals surface area contributed by atoms with E-state index in [0.29, 0.717) is 0 Å². The van der Waals surface area contributed by atoms with Crippen LogP contribution in [0.5, 0.6) is 0 Å². The molecule has 5 heteroatoms. The maximum absolute atomic E-state index is 12.4. The van der Waals surface area contributed by atoms with Crippen LogP contribution in [0.25, 0.3) is 0 Å². The molecule has 1 saturated carbocycles. The van der Waals surface area contributed by atoms with Gasteiger partial charge in [-0.1, -0.05) is 57.0 Å². The smallest absolute Gasteiger partial charge is 0.408 e. The summed E-state index contributed by atoms with van der Waals surface area (Å²) in [7, 11) is 0. The minimum atomic E-state index is -0.570. The molecule has 1 aromatic carbocycles. The molecule has 2 N–H and O–H groups in total. The molecule has 0 unspecified atom stereocenters. The minimum absolute atomic E-state index is 0.000628. The molecule has 1 aromatic rings. The van der Waals surface area contributed by atoms with E-state index in [2.05, 4.69) is 10.6 Å². The lowest BCUT2D eigenvalue weighted by Crippen LogP contribution is -2.51. The number of rotatable bonds is 6. The van der Waals surface area contributed by atoms with Crippen molar-refractivity contribution in [2.45, 2.75) is 58.2 Å². The predicted molar refractivity (Wildman–Crippen MR) is 88.8 cm³/mol.